The molecule has 122 valence electrons. The number of carbonyl (C=O) groups excluding carboxylic acids is 1. The topological polar surface area (TPSA) is 60.4 Å². The first-order chi connectivity index (χ1) is 10.9. The Hall–Kier alpha value is -1.88. The van der Waals surface area contributed by atoms with Crippen LogP contribution < -0.4 is 0 Å². The molecule has 0 aliphatic heterocycles. The van der Waals surface area contributed by atoms with Crippen molar-refractivity contribution in [1.29, 1.82) is 0 Å². The lowest BCUT2D eigenvalue weighted by Gasteiger charge is -2.32. The molecule has 5 heteroatoms. The highest BCUT2D eigenvalue weighted by molar-refractivity contribution is 7.90. The molecule has 23 heavy (non-hydrogen) atoms. The lowest BCUT2D eigenvalue weighted by Crippen LogP contribution is -2.28. The lowest BCUT2D eigenvalue weighted by atomic mass is 9.71. The summed E-state index contributed by atoms with van der Waals surface area (Å²) >= 11 is 0. The van der Waals surface area contributed by atoms with Crippen molar-refractivity contribution in [2.75, 3.05) is 13.4 Å². The van der Waals surface area contributed by atoms with Crippen molar-refractivity contribution >= 4 is 15.6 Å². The molecule has 0 amide bonds. The number of rotatable bonds is 3. The van der Waals surface area contributed by atoms with Crippen molar-refractivity contribution in [1.82, 2.24) is 0 Å². The zero-order chi connectivity index (χ0) is 16.6. The van der Waals surface area contributed by atoms with Gasteiger partial charge in [0.25, 0.3) is 0 Å². The number of sulfone groups is 1. The van der Waals surface area contributed by atoms with E-state index in [0.717, 1.165) is 36.2 Å². The third kappa shape index (κ3) is 3.11. The van der Waals surface area contributed by atoms with E-state index in [9.17, 15) is 13.2 Å². The summed E-state index contributed by atoms with van der Waals surface area (Å²) in [4.78, 5) is 13.1. The fourth-order valence-electron chi connectivity index (χ4n) is 3.40. The molecule has 0 spiro atoms. The zero-order valence-electron chi connectivity index (χ0n) is 13.3. The van der Waals surface area contributed by atoms with Crippen LogP contribution in [-0.2, 0) is 19.4 Å². The van der Waals surface area contributed by atoms with Crippen molar-refractivity contribution in [3.05, 3.63) is 53.3 Å². The summed E-state index contributed by atoms with van der Waals surface area (Å²) in [7, 11) is -1.56. The molecule has 0 aromatic heterocycles. The maximum absolute atomic E-state index is 12.8. The van der Waals surface area contributed by atoms with Crippen molar-refractivity contribution in [2.45, 2.75) is 30.1 Å². The predicted octanol–water partition coefficient (Wildman–Crippen LogP) is 3.01. The fourth-order valence-corrected chi connectivity index (χ4v) is 4.03. The maximum Gasteiger partial charge on any atom is 0.175 e. The molecule has 2 aliphatic rings. The summed E-state index contributed by atoms with van der Waals surface area (Å²) < 4.78 is 28.4. The summed E-state index contributed by atoms with van der Waals surface area (Å²) in [5, 5.41) is 0. The van der Waals surface area contributed by atoms with Gasteiger partial charge in [-0.2, -0.15) is 0 Å². The first-order valence-corrected chi connectivity index (χ1v) is 9.58. The van der Waals surface area contributed by atoms with Gasteiger partial charge in [-0.25, -0.2) is 8.42 Å². The second-order valence-electron chi connectivity index (χ2n) is 6.20. The second-order valence-corrected chi connectivity index (χ2v) is 8.21. The van der Waals surface area contributed by atoms with Gasteiger partial charge in [0.1, 0.15) is 0 Å². The summed E-state index contributed by atoms with van der Waals surface area (Å²) in [5.74, 6) is 1.14. The molecule has 0 N–H and O–H groups in total. The summed E-state index contributed by atoms with van der Waals surface area (Å²) in [6.07, 6.45) is 7.46. The van der Waals surface area contributed by atoms with E-state index in [0.29, 0.717) is 0 Å². The zero-order valence-corrected chi connectivity index (χ0v) is 14.1. The molecule has 1 aromatic carbocycles. The van der Waals surface area contributed by atoms with Crippen LogP contribution in [0.15, 0.2) is 52.6 Å². The minimum atomic E-state index is -3.21. The highest BCUT2D eigenvalue weighted by Gasteiger charge is 2.35. The van der Waals surface area contributed by atoms with Crippen molar-refractivity contribution in [2.24, 2.45) is 5.92 Å². The third-order valence-corrected chi connectivity index (χ3v) is 5.84. The summed E-state index contributed by atoms with van der Waals surface area (Å²) in [6.45, 7) is 0. The Morgan fingerprint density at radius 3 is 2.39 bits per heavy atom. The first kappa shape index (κ1) is 16.0. The Morgan fingerprint density at radius 1 is 1.09 bits per heavy atom. The molecule has 2 aliphatic carbocycles. The number of benzene rings is 1. The van der Waals surface area contributed by atoms with Gasteiger partial charge in [-0.1, -0.05) is 18.2 Å². The Bertz CT molecular complexity index is 785. The molecule has 0 radical (unpaired) electrons. The third-order valence-electron chi connectivity index (χ3n) is 4.71. The number of fused-ring (bicyclic) bond motifs is 1. The number of ether oxygens (including phenoxy) is 1. The van der Waals surface area contributed by atoms with Gasteiger partial charge in [0.15, 0.2) is 15.6 Å². The number of carbonyl (C=O) groups is 1. The van der Waals surface area contributed by atoms with Gasteiger partial charge in [0, 0.05) is 18.6 Å². The number of hydrogen-bond acceptors (Lipinski definition) is 4. The molecular formula is C18H20O4S. The number of hydrogen-bond donors (Lipinski definition) is 0. The van der Waals surface area contributed by atoms with E-state index >= 15 is 0 Å². The number of allylic oxidation sites excluding steroid dienone is 4. The van der Waals surface area contributed by atoms with E-state index in [2.05, 4.69) is 0 Å². The van der Waals surface area contributed by atoms with Gasteiger partial charge in [-0.3, -0.25) is 4.79 Å². The van der Waals surface area contributed by atoms with Crippen LogP contribution in [0.3, 0.4) is 0 Å². The van der Waals surface area contributed by atoms with Crippen LogP contribution in [0.2, 0.25) is 0 Å². The average molecular weight is 332 g/mol. The monoisotopic (exact) mass is 332 g/mol. The molecular weight excluding hydrogens is 312 g/mol. The Balaban J connectivity index is 1.86. The second kappa shape index (κ2) is 5.96. The number of ketones is 1. The highest BCUT2D eigenvalue weighted by Crippen LogP contribution is 2.41. The van der Waals surface area contributed by atoms with E-state index in [-0.39, 0.29) is 22.5 Å². The molecule has 3 rings (SSSR count). The Kier molecular flexibility index (Phi) is 4.15. The Labute approximate surface area is 136 Å². The molecule has 1 fully saturated rings. The van der Waals surface area contributed by atoms with Gasteiger partial charge in [-0.05, 0) is 48.1 Å². The van der Waals surface area contributed by atoms with Crippen molar-refractivity contribution in [3.63, 3.8) is 0 Å². The smallest absolute Gasteiger partial charge is 0.175 e. The molecule has 4 nitrogen and oxygen atoms in total. The molecule has 0 heterocycles. The van der Waals surface area contributed by atoms with Crippen LogP contribution in [-0.4, -0.2) is 27.6 Å². The summed E-state index contributed by atoms with van der Waals surface area (Å²) in [6, 6.07) is 6.70. The minimum absolute atomic E-state index is 0.153. The highest BCUT2D eigenvalue weighted by atomic mass is 32.2. The minimum Gasteiger partial charge on any atom is -0.501 e. The van der Waals surface area contributed by atoms with Crippen LogP contribution in [0.4, 0.5) is 0 Å². The first-order valence-electron chi connectivity index (χ1n) is 7.69. The Morgan fingerprint density at radius 2 is 1.78 bits per heavy atom. The molecule has 0 saturated heterocycles. The van der Waals surface area contributed by atoms with Gasteiger partial charge in [-0.15, -0.1) is 0 Å². The SMILES string of the molecule is COC1=CC=C2C(=O)C(c3ccc(S(C)(=O)=O)cc3)CCC2C1. The van der Waals surface area contributed by atoms with Crippen molar-refractivity contribution in [3.8, 4) is 0 Å². The molecule has 2 atom stereocenters. The van der Waals surface area contributed by atoms with Crippen LogP contribution in [0.25, 0.3) is 0 Å². The fraction of sp³-hybridized carbons (Fsp3) is 0.389. The standard InChI is InChI=1S/C18H20O4S/c1-22-14-6-10-17-13(11-14)5-9-16(18(17)19)12-3-7-15(8-4-12)23(2,20)21/h3-4,6-8,10,13,16H,5,9,11H2,1-2H3. The van der Waals surface area contributed by atoms with E-state index < -0.39 is 9.84 Å². The van der Waals surface area contributed by atoms with E-state index in [1.54, 1.807) is 31.4 Å². The largest absolute Gasteiger partial charge is 0.501 e. The predicted molar refractivity (Wildman–Crippen MR) is 87.8 cm³/mol. The van der Waals surface area contributed by atoms with Gasteiger partial charge >= 0.3 is 0 Å². The lowest BCUT2D eigenvalue weighted by molar-refractivity contribution is -0.118. The maximum atomic E-state index is 12.8. The van der Waals surface area contributed by atoms with E-state index in [1.807, 2.05) is 12.2 Å². The molecule has 2 unspecified atom stereocenters. The van der Waals surface area contributed by atoms with Gasteiger partial charge < -0.3 is 4.74 Å². The van der Waals surface area contributed by atoms with Gasteiger partial charge in [0.05, 0.1) is 17.8 Å². The summed E-state index contributed by atoms with van der Waals surface area (Å²) in [5.41, 5.74) is 1.76. The van der Waals surface area contributed by atoms with Crippen LogP contribution in [0.5, 0.6) is 0 Å². The van der Waals surface area contributed by atoms with E-state index in [4.69, 9.17) is 4.74 Å². The van der Waals surface area contributed by atoms with Crippen LogP contribution >= 0.6 is 0 Å². The van der Waals surface area contributed by atoms with E-state index in [1.165, 1.54) is 6.26 Å². The number of Topliss-reactive ketones (excluding diaryl/α,β-unsaturated/α-hetero) is 1. The normalized spacial score (nSPS) is 24.5. The molecule has 1 saturated carbocycles. The molecule has 1 aromatic rings. The number of methoxy groups -OCH3 is 1. The average Bonchev–Trinajstić information content (AvgIpc) is 2.54. The van der Waals surface area contributed by atoms with Crippen LogP contribution in [0.1, 0.15) is 30.7 Å². The van der Waals surface area contributed by atoms with Crippen LogP contribution in [0, 0.1) is 5.92 Å². The quantitative estimate of drug-likeness (QED) is 0.854. The van der Waals surface area contributed by atoms with Crippen molar-refractivity contribution < 1.29 is 17.9 Å². The van der Waals surface area contributed by atoms with Gasteiger partial charge in [0.2, 0.25) is 0 Å². The molecule has 0 bridgehead atoms.